The monoisotopic (exact) mass is 794 g/mol. The lowest BCUT2D eigenvalue weighted by Crippen LogP contribution is -2.64. The Labute approximate surface area is 332 Å². The highest BCUT2D eigenvalue weighted by Crippen LogP contribution is 2.44. The fourth-order valence-electron chi connectivity index (χ4n) is 9.27. The number of nitrogens with zero attached hydrogens (tertiary/aromatic N) is 4. The predicted octanol–water partition coefficient (Wildman–Crippen LogP) is 4.31. The van der Waals surface area contributed by atoms with Crippen molar-refractivity contribution in [3.63, 3.8) is 0 Å². The van der Waals surface area contributed by atoms with Crippen LogP contribution in [0.2, 0.25) is 0 Å². The highest BCUT2D eigenvalue weighted by molar-refractivity contribution is 6.07. The number of cyclic esters (lactones) is 1. The number of rotatable bonds is 11. The minimum atomic E-state index is -3.14. The van der Waals surface area contributed by atoms with Crippen LogP contribution in [0.5, 0.6) is 0 Å². The van der Waals surface area contributed by atoms with E-state index in [0.717, 1.165) is 12.6 Å². The number of hydrogen-bond acceptors (Lipinski definition) is 13. The summed E-state index contributed by atoms with van der Waals surface area (Å²) >= 11 is 0. The average Bonchev–Trinajstić information content (AvgIpc) is 3.43. The van der Waals surface area contributed by atoms with Crippen LogP contribution in [0, 0.1) is 17.8 Å². The minimum Gasteiger partial charge on any atom is -0.455 e. The highest BCUT2D eigenvalue weighted by atomic mass is 19.1. The summed E-state index contributed by atoms with van der Waals surface area (Å²) in [5.41, 5.74) is 2.20. The number of ketones is 1. The van der Waals surface area contributed by atoms with Crippen LogP contribution in [0.1, 0.15) is 93.7 Å². The molecule has 3 aliphatic rings. The van der Waals surface area contributed by atoms with Crippen LogP contribution in [-0.4, -0.2) is 143 Å². The number of aliphatic hydroxyl groups is 1. The molecule has 0 aromatic carbocycles. The summed E-state index contributed by atoms with van der Waals surface area (Å²) in [6.07, 6.45) is -1.58. The summed E-state index contributed by atoms with van der Waals surface area (Å²) in [5, 5.41) is 15.0. The van der Waals surface area contributed by atoms with E-state index < -0.39 is 83.2 Å². The van der Waals surface area contributed by atoms with E-state index in [0.29, 0.717) is 32.4 Å². The first-order valence-electron chi connectivity index (χ1n) is 20.3. The predicted molar refractivity (Wildman–Crippen MR) is 208 cm³/mol. The van der Waals surface area contributed by atoms with Gasteiger partial charge in [0.2, 0.25) is 0 Å². The first-order valence-corrected chi connectivity index (χ1v) is 20.3. The van der Waals surface area contributed by atoms with Crippen molar-refractivity contribution in [2.45, 2.75) is 160 Å². The number of nitrogens with two attached hydrogens (primary N) is 1. The van der Waals surface area contributed by atoms with Gasteiger partial charge in [-0.3, -0.25) is 9.78 Å². The molecule has 0 aliphatic carbocycles. The molecule has 1 aromatic heterocycles. The fraction of sp³-hybridized carbons (Fsp3) is 0.805. The Morgan fingerprint density at radius 3 is 2.36 bits per heavy atom. The SMILES string of the molecule is CC[C@@H]1OC(=O)C(C)(F)C(=O)[C@H](C)[C@@H](O[C@@H]2O[C@H](C)C[C@H](N(C)C)[C@H]2O)[C@@](C)(OC)C[C@@H](C)C(N)[C@@H](C)[C@H]2N(N(CC)CCCc3ccccn3)C(=O)O[C@]12C. The van der Waals surface area contributed by atoms with E-state index in [-0.39, 0.29) is 30.9 Å². The standard InChI is InChI=1S/C41H68FN5O9/c1-13-30-41(9)33(47(38(51)56-41)46(14-2)21-17-19-28-18-15-16-20-44-28)26(5)31(43)24(3)23-39(7,52-12)35(27(6)34(49)40(8,42)37(50)54-30)55-36-32(48)29(45(10)11)22-25(4)53-36/h15-16,18,20,24-27,29-33,35-36,48H,13-14,17,19,21-23,43H2,1-12H3/t24-,25-,26-,27+,29+,30+,31?,32-,33-,35-,36+,39+,40?,41-/m1/s1. The second-order valence-corrected chi connectivity index (χ2v) is 17.0. The molecule has 0 bridgehead atoms. The molecule has 56 heavy (non-hydrogen) atoms. The van der Waals surface area contributed by atoms with E-state index in [2.05, 4.69) is 4.98 Å². The summed E-state index contributed by atoms with van der Waals surface area (Å²) in [6, 6.07) is 4.06. The molecule has 14 atom stereocenters. The van der Waals surface area contributed by atoms with Crippen molar-refractivity contribution in [3.05, 3.63) is 30.1 Å². The Kier molecular flexibility index (Phi) is 15.1. The molecule has 0 saturated carbocycles. The lowest BCUT2D eigenvalue weighted by molar-refractivity contribution is -0.296. The number of aliphatic hydroxyl groups excluding tert-OH is 1. The van der Waals surface area contributed by atoms with Gasteiger partial charge in [-0.1, -0.05) is 40.7 Å². The van der Waals surface area contributed by atoms with E-state index >= 15 is 4.39 Å². The maximum atomic E-state index is 16.9. The van der Waals surface area contributed by atoms with Gasteiger partial charge in [-0.25, -0.2) is 24.0 Å². The molecule has 4 rings (SSSR count). The van der Waals surface area contributed by atoms with Crippen molar-refractivity contribution in [2.24, 2.45) is 23.5 Å². The van der Waals surface area contributed by atoms with Crippen LogP contribution < -0.4 is 5.73 Å². The maximum Gasteiger partial charge on any atom is 0.425 e. The van der Waals surface area contributed by atoms with Crippen LogP contribution in [0.25, 0.3) is 0 Å². The molecule has 2 unspecified atom stereocenters. The number of halogens is 1. The van der Waals surface area contributed by atoms with Crippen molar-refractivity contribution >= 4 is 17.8 Å². The molecule has 3 aliphatic heterocycles. The number of hydrazine groups is 1. The van der Waals surface area contributed by atoms with Gasteiger partial charge in [0, 0.05) is 50.1 Å². The van der Waals surface area contributed by atoms with Crippen LogP contribution in [0.3, 0.4) is 0 Å². The molecule has 14 nitrogen and oxygen atoms in total. The van der Waals surface area contributed by atoms with Gasteiger partial charge in [0.15, 0.2) is 17.7 Å². The molecule has 3 saturated heterocycles. The van der Waals surface area contributed by atoms with Gasteiger partial charge in [0.1, 0.15) is 12.2 Å². The number of aromatic nitrogens is 1. The average molecular weight is 794 g/mol. The third-order valence-electron chi connectivity index (χ3n) is 12.7. The maximum absolute atomic E-state index is 16.9. The first kappa shape index (κ1) is 45.9. The summed E-state index contributed by atoms with van der Waals surface area (Å²) in [6.45, 7) is 16.2. The van der Waals surface area contributed by atoms with Crippen molar-refractivity contribution < 1.29 is 47.6 Å². The Balaban J connectivity index is 1.79. The molecule has 0 radical (unpaired) electrons. The highest BCUT2D eigenvalue weighted by Gasteiger charge is 2.62. The third-order valence-corrected chi connectivity index (χ3v) is 12.7. The molecule has 3 N–H and O–H groups in total. The van der Waals surface area contributed by atoms with Crippen LogP contribution in [-0.2, 0) is 39.7 Å². The second kappa shape index (κ2) is 18.4. The molecular weight excluding hydrogens is 725 g/mol. The van der Waals surface area contributed by atoms with Gasteiger partial charge in [0.05, 0.1) is 23.9 Å². The number of carbonyl (C=O) groups excluding carboxylic acids is 3. The number of aryl methyl sites for hydroxylation is 1. The summed E-state index contributed by atoms with van der Waals surface area (Å²) in [5.74, 6) is -4.59. The number of likely N-dealkylation sites (N-methyl/N-ethyl adjacent to an activating group) is 1. The molecule has 1 aromatic rings. The number of alkyl halides is 1. The number of pyridine rings is 1. The van der Waals surface area contributed by atoms with E-state index in [9.17, 15) is 19.5 Å². The van der Waals surface area contributed by atoms with Gasteiger partial charge >= 0.3 is 12.1 Å². The van der Waals surface area contributed by atoms with Crippen LogP contribution in [0.4, 0.5) is 9.18 Å². The quantitative estimate of drug-likeness (QED) is 0.241. The van der Waals surface area contributed by atoms with Crippen molar-refractivity contribution in [1.82, 2.24) is 19.9 Å². The summed E-state index contributed by atoms with van der Waals surface area (Å²) in [7, 11) is 5.17. The molecule has 15 heteroatoms. The van der Waals surface area contributed by atoms with E-state index in [1.165, 1.54) is 14.0 Å². The summed E-state index contributed by atoms with van der Waals surface area (Å²) in [4.78, 5) is 48.7. The van der Waals surface area contributed by atoms with Gasteiger partial charge in [-0.2, -0.15) is 0 Å². The van der Waals surface area contributed by atoms with Gasteiger partial charge in [-0.05, 0) is 97.9 Å². The minimum absolute atomic E-state index is 0.151. The van der Waals surface area contributed by atoms with Gasteiger partial charge < -0.3 is 39.4 Å². The normalized spacial score (nSPS) is 40.3. The number of methoxy groups -OCH3 is 1. The number of fused-ring (bicyclic) bond motifs is 1. The molecule has 318 valence electrons. The number of hydrogen-bond donors (Lipinski definition) is 2. The first-order chi connectivity index (χ1) is 26.2. The number of amides is 1. The zero-order valence-corrected chi connectivity index (χ0v) is 35.6. The lowest BCUT2D eigenvalue weighted by atomic mass is 9.72. The Morgan fingerprint density at radius 1 is 1.11 bits per heavy atom. The topological polar surface area (TPSA) is 166 Å². The fourth-order valence-corrected chi connectivity index (χ4v) is 9.27. The summed E-state index contributed by atoms with van der Waals surface area (Å²) < 4.78 is 48.0. The number of carbonyl (C=O) groups is 3. The van der Waals surface area contributed by atoms with Crippen LogP contribution >= 0.6 is 0 Å². The Bertz CT molecular complexity index is 1490. The zero-order chi connectivity index (χ0) is 41.9. The largest absolute Gasteiger partial charge is 0.455 e. The number of Topliss-reactive ketones (excluding diaryl/α,β-unsaturated/α-hetero) is 1. The molecular formula is C41H68FN5O9. The lowest BCUT2D eigenvalue weighted by Gasteiger charge is -2.48. The van der Waals surface area contributed by atoms with E-state index in [4.69, 9.17) is 29.4 Å². The van der Waals surface area contributed by atoms with Gasteiger partial charge in [-0.15, -0.1) is 0 Å². The van der Waals surface area contributed by atoms with Crippen molar-refractivity contribution in [2.75, 3.05) is 34.3 Å². The third kappa shape index (κ3) is 9.24. The number of ether oxygens (including phenoxy) is 5. The van der Waals surface area contributed by atoms with Gasteiger partial charge in [0.25, 0.3) is 5.67 Å². The smallest absolute Gasteiger partial charge is 0.425 e. The van der Waals surface area contributed by atoms with E-state index in [1.54, 1.807) is 32.0 Å². The molecule has 0 spiro atoms. The van der Waals surface area contributed by atoms with Crippen molar-refractivity contribution in [1.29, 1.82) is 0 Å². The van der Waals surface area contributed by atoms with Crippen LogP contribution in [0.15, 0.2) is 24.4 Å². The Hall–Kier alpha value is -2.79. The molecule has 3 fully saturated rings. The zero-order valence-electron chi connectivity index (χ0n) is 35.6. The van der Waals surface area contributed by atoms with Crippen molar-refractivity contribution in [3.8, 4) is 0 Å². The van der Waals surface area contributed by atoms with E-state index in [1.807, 2.05) is 69.9 Å². The molecule has 1 amide bonds. The Morgan fingerprint density at radius 2 is 1.79 bits per heavy atom. The second-order valence-electron chi connectivity index (χ2n) is 17.0. The number of esters is 1. The molecule has 4 heterocycles.